The summed E-state index contributed by atoms with van der Waals surface area (Å²) in [5, 5.41) is 0. The summed E-state index contributed by atoms with van der Waals surface area (Å²) in [5.74, 6) is -0.248. The fraction of sp³-hybridized carbons (Fsp3) is 0.308. The van der Waals surface area contributed by atoms with Crippen molar-refractivity contribution in [2.75, 3.05) is 0 Å². The Morgan fingerprint density at radius 1 is 1.27 bits per heavy atom. The van der Waals surface area contributed by atoms with Crippen LogP contribution in [0.2, 0.25) is 0 Å². The zero-order chi connectivity index (χ0) is 10.7. The normalized spacial score (nSPS) is 20.9. The summed E-state index contributed by atoms with van der Waals surface area (Å²) < 4.78 is 12.7. The number of halogens is 1. The van der Waals surface area contributed by atoms with Gasteiger partial charge in [-0.05, 0) is 42.5 Å². The molecule has 0 radical (unpaired) electrons. The van der Waals surface area contributed by atoms with Gasteiger partial charge in [0.15, 0.2) is 0 Å². The van der Waals surface area contributed by atoms with Crippen LogP contribution >= 0.6 is 0 Å². The third-order valence-electron chi connectivity index (χ3n) is 2.82. The van der Waals surface area contributed by atoms with Gasteiger partial charge in [0, 0.05) is 5.92 Å². The molecule has 0 amide bonds. The molecule has 0 N–H and O–H groups in total. The molecule has 1 atom stereocenters. The van der Waals surface area contributed by atoms with Gasteiger partial charge < -0.3 is 4.79 Å². The Bertz CT molecular complexity index is 378. The van der Waals surface area contributed by atoms with E-state index in [-0.39, 0.29) is 11.7 Å². The van der Waals surface area contributed by atoms with Gasteiger partial charge in [-0.15, -0.1) is 0 Å². The van der Waals surface area contributed by atoms with Gasteiger partial charge in [-0.25, -0.2) is 4.39 Å². The zero-order valence-electron chi connectivity index (χ0n) is 8.45. The third-order valence-corrected chi connectivity index (χ3v) is 2.82. The lowest BCUT2D eigenvalue weighted by atomic mass is 9.85. The van der Waals surface area contributed by atoms with Crippen LogP contribution in [0.25, 0.3) is 5.57 Å². The Hall–Kier alpha value is -1.44. The molecule has 0 bridgehead atoms. The number of rotatable bonds is 2. The first-order valence-corrected chi connectivity index (χ1v) is 5.22. The van der Waals surface area contributed by atoms with E-state index in [4.69, 9.17) is 0 Å². The number of hydrogen-bond donors (Lipinski definition) is 0. The standard InChI is InChI=1S/C13H13FO/c14-12-7-5-10(6-8-12)13-4-2-1-3-11(13)9-15/h4-9,11H,1-3H2/t11-/m1/s1. The summed E-state index contributed by atoms with van der Waals surface area (Å²) in [7, 11) is 0. The smallest absolute Gasteiger partial charge is 0.127 e. The molecule has 0 aliphatic heterocycles. The summed E-state index contributed by atoms with van der Waals surface area (Å²) in [6.07, 6.45) is 6.07. The lowest BCUT2D eigenvalue weighted by Gasteiger charge is -2.19. The van der Waals surface area contributed by atoms with E-state index in [1.165, 1.54) is 12.1 Å². The van der Waals surface area contributed by atoms with Crippen LogP contribution in [0, 0.1) is 11.7 Å². The van der Waals surface area contributed by atoms with Crippen LogP contribution in [-0.4, -0.2) is 6.29 Å². The maximum absolute atomic E-state index is 12.7. The van der Waals surface area contributed by atoms with Crippen LogP contribution in [0.4, 0.5) is 4.39 Å². The fourth-order valence-corrected chi connectivity index (χ4v) is 2.02. The number of benzene rings is 1. The highest BCUT2D eigenvalue weighted by molar-refractivity contribution is 5.81. The molecular weight excluding hydrogens is 191 g/mol. The van der Waals surface area contributed by atoms with Gasteiger partial charge >= 0.3 is 0 Å². The molecule has 1 aromatic rings. The molecule has 1 aromatic carbocycles. The molecule has 0 aromatic heterocycles. The van der Waals surface area contributed by atoms with E-state index < -0.39 is 0 Å². The molecule has 0 saturated carbocycles. The second kappa shape index (κ2) is 4.39. The summed E-state index contributed by atoms with van der Waals surface area (Å²) in [6.45, 7) is 0. The Labute approximate surface area is 88.6 Å². The quantitative estimate of drug-likeness (QED) is 0.676. The van der Waals surface area contributed by atoms with Crippen LogP contribution in [0.15, 0.2) is 30.3 Å². The van der Waals surface area contributed by atoms with Crippen molar-refractivity contribution in [1.82, 2.24) is 0 Å². The molecule has 2 rings (SSSR count). The highest BCUT2D eigenvalue weighted by Crippen LogP contribution is 2.31. The van der Waals surface area contributed by atoms with Crippen LogP contribution in [-0.2, 0) is 4.79 Å². The highest BCUT2D eigenvalue weighted by Gasteiger charge is 2.17. The molecule has 0 fully saturated rings. The number of aldehydes is 1. The molecule has 1 aliphatic rings. The molecule has 15 heavy (non-hydrogen) atoms. The summed E-state index contributed by atoms with van der Waals surface area (Å²) in [6, 6.07) is 6.35. The predicted octanol–water partition coefficient (Wildman–Crippen LogP) is 3.21. The first-order valence-electron chi connectivity index (χ1n) is 5.22. The lowest BCUT2D eigenvalue weighted by Crippen LogP contribution is -2.09. The Morgan fingerprint density at radius 3 is 2.67 bits per heavy atom. The van der Waals surface area contributed by atoms with E-state index in [1.807, 2.05) is 0 Å². The van der Waals surface area contributed by atoms with Crippen molar-refractivity contribution in [1.29, 1.82) is 0 Å². The fourth-order valence-electron chi connectivity index (χ4n) is 2.02. The summed E-state index contributed by atoms with van der Waals surface area (Å²) >= 11 is 0. The van der Waals surface area contributed by atoms with Crippen LogP contribution < -0.4 is 0 Å². The average Bonchev–Trinajstić information content (AvgIpc) is 2.30. The van der Waals surface area contributed by atoms with Crippen LogP contribution in [0.5, 0.6) is 0 Å². The first-order chi connectivity index (χ1) is 7.31. The van der Waals surface area contributed by atoms with Gasteiger partial charge in [0.05, 0.1) is 0 Å². The van der Waals surface area contributed by atoms with Crippen LogP contribution in [0.3, 0.4) is 0 Å². The van der Waals surface area contributed by atoms with Crippen molar-refractivity contribution in [3.05, 3.63) is 41.7 Å². The first kappa shape index (κ1) is 10.1. The number of allylic oxidation sites excluding steroid dienone is 2. The lowest BCUT2D eigenvalue weighted by molar-refractivity contribution is -0.109. The monoisotopic (exact) mass is 204 g/mol. The molecule has 0 unspecified atom stereocenters. The molecule has 0 saturated heterocycles. The summed E-state index contributed by atoms with van der Waals surface area (Å²) in [4.78, 5) is 10.9. The van der Waals surface area contributed by atoms with E-state index >= 15 is 0 Å². The zero-order valence-corrected chi connectivity index (χ0v) is 8.45. The van der Waals surface area contributed by atoms with E-state index in [0.29, 0.717) is 0 Å². The van der Waals surface area contributed by atoms with E-state index in [1.54, 1.807) is 12.1 Å². The van der Waals surface area contributed by atoms with Gasteiger partial charge in [-0.2, -0.15) is 0 Å². The van der Waals surface area contributed by atoms with Gasteiger partial charge in [0.25, 0.3) is 0 Å². The minimum Gasteiger partial charge on any atom is -0.303 e. The second-order valence-corrected chi connectivity index (χ2v) is 3.84. The number of hydrogen-bond acceptors (Lipinski definition) is 1. The van der Waals surface area contributed by atoms with Crippen LogP contribution in [0.1, 0.15) is 24.8 Å². The number of carbonyl (C=O) groups excluding carboxylic acids is 1. The van der Waals surface area contributed by atoms with Crippen molar-refractivity contribution in [2.45, 2.75) is 19.3 Å². The van der Waals surface area contributed by atoms with Gasteiger partial charge in [0.2, 0.25) is 0 Å². The summed E-state index contributed by atoms with van der Waals surface area (Å²) in [5.41, 5.74) is 2.02. The highest BCUT2D eigenvalue weighted by atomic mass is 19.1. The van der Waals surface area contributed by atoms with Gasteiger partial charge in [0.1, 0.15) is 12.1 Å². The van der Waals surface area contributed by atoms with Crippen molar-refractivity contribution >= 4 is 11.9 Å². The average molecular weight is 204 g/mol. The molecule has 1 nitrogen and oxygen atoms in total. The Balaban J connectivity index is 2.32. The van der Waals surface area contributed by atoms with E-state index in [0.717, 1.165) is 36.7 Å². The predicted molar refractivity (Wildman–Crippen MR) is 57.8 cm³/mol. The molecule has 1 aliphatic carbocycles. The minimum atomic E-state index is -0.238. The minimum absolute atomic E-state index is 0.00999. The van der Waals surface area contributed by atoms with Crippen molar-refractivity contribution < 1.29 is 9.18 Å². The molecule has 0 spiro atoms. The van der Waals surface area contributed by atoms with Crippen molar-refractivity contribution in [2.24, 2.45) is 5.92 Å². The molecule has 78 valence electrons. The van der Waals surface area contributed by atoms with Crippen molar-refractivity contribution in [3.8, 4) is 0 Å². The second-order valence-electron chi connectivity index (χ2n) is 3.84. The number of carbonyl (C=O) groups is 1. The van der Waals surface area contributed by atoms with Gasteiger partial charge in [-0.1, -0.05) is 18.2 Å². The SMILES string of the molecule is O=C[C@H]1CCCC=C1c1ccc(F)cc1. The molecule has 0 heterocycles. The maximum atomic E-state index is 12.7. The van der Waals surface area contributed by atoms with E-state index in [2.05, 4.69) is 6.08 Å². The van der Waals surface area contributed by atoms with Gasteiger partial charge in [-0.3, -0.25) is 0 Å². The Morgan fingerprint density at radius 2 is 2.00 bits per heavy atom. The maximum Gasteiger partial charge on any atom is 0.127 e. The molecule has 2 heteroatoms. The Kier molecular flexibility index (Phi) is 2.95. The van der Waals surface area contributed by atoms with E-state index in [9.17, 15) is 9.18 Å². The third kappa shape index (κ3) is 2.14. The molecular formula is C13H13FO. The van der Waals surface area contributed by atoms with Crippen molar-refractivity contribution in [3.63, 3.8) is 0 Å². The largest absolute Gasteiger partial charge is 0.303 e. The topological polar surface area (TPSA) is 17.1 Å².